The van der Waals surface area contributed by atoms with Gasteiger partial charge in [-0.1, -0.05) is 46.3 Å². The fourth-order valence-electron chi connectivity index (χ4n) is 5.10. The van der Waals surface area contributed by atoms with Crippen molar-refractivity contribution in [3.8, 4) is 16.9 Å². The van der Waals surface area contributed by atoms with Gasteiger partial charge in [-0.15, -0.1) is 0 Å². The Labute approximate surface area is 226 Å². The van der Waals surface area contributed by atoms with E-state index in [0.717, 1.165) is 42.6 Å². The maximum absolute atomic E-state index is 12.9. The summed E-state index contributed by atoms with van der Waals surface area (Å²) in [6, 6.07) is 22.1. The van der Waals surface area contributed by atoms with E-state index in [9.17, 15) is 14.7 Å². The SMILES string of the molecule is O=c1cc(-c2cc3cc(Br)ccc3oc2=O)c2ccc(O)c(CN3CCN(Cc4ccccc4)CC3)c2o1. The fourth-order valence-corrected chi connectivity index (χ4v) is 5.48. The Morgan fingerprint density at radius 1 is 0.789 bits per heavy atom. The van der Waals surface area contributed by atoms with Gasteiger partial charge in [-0.25, -0.2) is 9.59 Å². The first-order chi connectivity index (χ1) is 18.4. The van der Waals surface area contributed by atoms with Gasteiger partial charge in [-0.05, 0) is 42.0 Å². The lowest BCUT2D eigenvalue weighted by Crippen LogP contribution is -2.45. The summed E-state index contributed by atoms with van der Waals surface area (Å²) in [5.41, 5.74) is 2.10. The summed E-state index contributed by atoms with van der Waals surface area (Å²) in [5, 5.41) is 12.1. The molecule has 1 saturated heterocycles. The third-order valence-electron chi connectivity index (χ3n) is 7.07. The topological polar surface area (TPSA) is 87.1 Å². The third-order valence-corrected chi connectivity index (χ3v) is 7.56. The molecule has 1 aliphatic rings. The van der Waals surface area contributed by atoms with E-state index in [-0.39, 0.29) is 16.9 Å². The molecule has 1 fully saturated rings. The normalized spacial score (nSPS) is 14.9. The van der Waals surface area contributed by atoms with Crippen LogP contribution in [0.15, 0.2) is 95.7 Å². The summed E-state index contributed by atoms with van der Waals surface area (Å²) in [7, 11) is 0. The number of fused-ring (bicyclic) bond motifs is 2. The van der Waals surface area contributed by atoms with Gasteiger partial charge in [0.1, 0.15) is 16.9 Å². The molecular weight excluding hydrogens is 548 g/mol. The first kappa shape index (κ1) is 24.6. The minimum Gasteiger partial charge on any atom is -0.507 e. The molecule has 1 N–H and O–H groups in total. The predicted molar refractivity (Wildman–Crippen MR) is 150 cm³/mol. The van der Waals surface area contributed by atoms with Gasteiger partial charge in [-0.2, -0.15) is 0 Å². The molecule has 0 amide bonds. The van der Waals surface area contributed by atoms with Crippen LogP contribution in [-0.4, -0.2) is 41.1 Å². The van der Waals surface area contributed by atoms with Crippen molar-refractivity contribution < 1.29 is 13.9 Å². The molecule has 8 heteroatoms. The van der Waals surface area contributed by atoms with Crippen molar-refractivity contribution in [2.24, 2.45) is 0 Å². The Hall–Kier alpha value is -3.72. The highest BCUT2D eigenvalue weighted by atomic mass is 79.9. The van der Waals surface area contributed by atoms with Crippen molar-refractivity contribution in [3.05, 3.63) is 109 Å². The number of nitrogens with zero attached hydrogens (tertiary/aromatic N) is 2. The molecule has 1 aliphatic heterocycles. The average molecular weight is 573 g/mol. The molecule has 192 valence electrons. The van der Waals surface area contributed by atoms with Crippen LogP contribution in [0.2, 0.25) is 0 Å². The number of halogens is 1. The van der Waals surface area contributed by atoms with Gasteiger partial charge in [0.25, 0.3) is 0 Å². The summed E-state index contributed by atoms with van der Waals surface area (Å²) in [4.78, 5) is 30.2. The van der Waals surface area contributed by atoms with Crippen LogP contribution >= 0.6 is 15.9 Å². The van der Waals surface area contributed by atoms with E-state index < -0.39 is 11.3 Å². The van der Waals surface area contributed by atoms with Crippen LogP contribution in [0.4, 0.5) is 0 Å². The average Bonchev–Trinajstić information content (AvgIpc) is 2.91. The Balaban J connectivity index is 1.32. The number of hydrogen-bond donors (Lipinski definition) is 1. The second-order valence-corrected chi connectivity index (χ2v) is 10.5. The van der Waals surface area contributed by atoms with E-state index in [2.05, 4.69) is 50.0 Å². The predicted octanol–water partition coefficient (Wildman–Crippen LogP) is 5.35. The molecule has 2 aromatic heterocycles. The van der Waals surface area contributed by atoms with E-state index in [1.165, 1.54) is 11.6 Å². The quantitative estimate of drug-likeness (QED) is 0.284. The van der Waals surface area contributed by atoms with Crippen molar-refractivity contribution in [3.63, 3.8) is 0 Å². The van der Waals surface area contributed by atoms with Gasteiger partial charge in [0.15, 0.2) is 0 Å². The van der Waals surface area contributed by atoms with Crippen molar-refractivity contribution in [1.82, 2.24) is 9.80 Å². The number of hydrogen-bond acceptors (Lipinski definition) is 7. The molecule has 5 aromatic rings. The fraction of sp³-hybridized carbons (Fsp3) is 0.200. The first-order valence-electron chi connectivity index (χ1n) is 12.5. The number of phenolic OH excluding ortho intramolecular Hbond substituents is 1. The lowest BCUT2D eigenvalue weighted by Gasteiger charge is -2.34. The first-order valence-corrected chi connectivity index (χ1v) is 13.2. The zero-order valence-electron chi connectivity index (χ0n) is 20.5. The number of phenols is 1. The highest BCUT2D eigenvalue weighted by molar-refractivity contribution is 9.10. The molecule has 6 rings (SSSR count). The standard InChI is InChI=1S/C30H25BrN2O5/c31-21-6-9-27-20(14-21)15-24(30(36)37-27)23-16-28(35)38-29-22(23)7-8-26(34)25(29)18-33-12-10-32(11-13-33)17-19-4-2-1-3-5-19/h1-9,14-16,34H,10-13,17-18H2. The number of aromatic hydroxyl groups is 1. The maximum atomic E-state index is 12.9. The number of piperazine rings is 1. The zero-order chi connectivity index (χ0) is 26.2. The summed E-state index contributed by atoms with van der Waals surface area (Å²) < 4.78 is 12.0. The molecule has 38 heavy (non-hydrogen) atoms. The van der Waals surface area contributed by atoms with Crippen LogP contribution in [-0.2, 0) is 13.1 Å². The van der Waals surface area contributed by atoms with Gasteiger partial charge >= 0.3 is 11.3 Å². The van der Waals surface area contributed by atoms with Crippen molar-refractivity contribution in [2.75, 3.05) is 26.2 Å². The van der Waals surface area contributed by atoms with Crippen LogP contribution in [0.3, 0.4) is 0 Å². The minimum atomic E-state index is -0.597. The lowest BCUT2D eigenvalue weighted by molar-refractivity contribution is 0.121. The molecular formula is C30H25BrN2O5. The zero-order valence-corrected chi connectivity index (χ0v) is 22.1. The number of benzene rings is 3. The number of rotatable bonds is 5. The van der Waals surface area contributed by atoms with Gasteiger partial charge in [0.2, 0.25) is 0 Å². The molecule has 0 bridgehead atoms. The van der Waals surface area contributed by atoms with Crippen molar-refractivity contribution in [1.29, 1.82) is 0 Å². The van der Waals surface area contributed by atoms with Crippen LogP contribution in [0.1, 0.15) is 11.1 Å². The Morgan fingerprint density at radius 3 is 2.29 bits per heavy atom. The van der Waals surface area contributed by atoms with Gasteiger partial charge in [0, 0.05) is 66.1 Å². The highest BCUT2D eigenvalue weighted by Crippen LogP contribution is 2.34. The maximum Gasteiger partial charge on any atom is 0.344 e. The van der Waals surface area contributed by atoms with Crippen LogP contribution in [0, 0.1) is 0 Å². The Kier molecular flexibility index (Phi) is 6.61. The smallest absolute Gasteiger partial charge is 0.344 e. The molecule has 7 nitrogen and oxygen atoms in total. The van der Waals surface area contributed by atoms with E-state index in [1.807, 2.05) is 12.1 Å². The molecule has 3 aromatic carbocycles. The summed E-state index contributed by atoms with van der Waals surface area (Å²) >= 11 is 3.45. The molecule has 0 spiro atoms. The Morgan fingerprint density at radius 2 is 1.53 bits per heavy atom. The van der Waals surface area contributed by atoms with Crippen molar-refractivity contribution in [2.45, 2.75) is 13.1 Å². The van der Waals surface area contributed by atoms with E-state index in [4.69, 9.17) is 8.83 Å². The second-order valence-electron chi connectivity index (χ2n) is 9.59. The molecule has 0 saturated carbocycles. The van der Waals surface area contributed by atoms with Crippen LogP contribution < -0.4 is 11.3 Å². The summed E-state index contributed by atoms with van der Waals surface area (Å²) in [5.74, 6) is 0.0546. The second kappa shape index (κ2) is 10.2. The van der Waals surface area contributed by atoms with Crippen molar-refractivity contribution >= 4 is 37.9 Å². The minimum absolute atomic E-state index is 0.0546. The molecule has 0 aliphatic carbocycles. The van der Waals surface area contributed by atoms with Gasteiger partial charge in [-0.3, -0.25) is 9.80 Å². The molecule has 0 unspecified atom stereocenters. The van der Waals surface area contributed by atoms with Gasteiger partial charge < -0.3 is 13.9 Å². The lowest BCUT2D eigenvalue weighted by atomic mass is 9.99. The summed E-state index contributed by atoms with van der Waals surface area (Å²) in [6.45, 7) is 4.74. The summed E-state index contributed by atoms with van der Waals surface area (Å²) in [6.07, 6.45) is 0. The Bertz CT molecular complexity index is 1750. The monoisotopic (exact) mass is 572 g/mol. The molecule has 0 atom stereocenters. The third kappa shape index (κ3) is 4.90. The highest BCUT2D eigenvalue weighted by Gasteiger charge is 2.22. The molecule has 0 radical (unpaired) electrons. The van der Waals surface area contributed by atoms with Crippen LogP contribution in [0.25, 0.3) is 33.1 Å². The van der Waals surface area contributed by atoms with E-state index in [0.29, 0.717) is 28.6 Å². The largest absolute Gasteiger partial charge is 0.507 e. The van der Waals surface area contributed by atoms with E-state index >= 15 is 0 Å². The van der Waals surface area contributed by atoms with E-state index in [1.54, 1.807) is 30.3 Å². The van der Waals surface area contributed by atoms with Crippen LogP contribution in [0.5, 0.6) is 5.75 Å². The molecule has 3 heterocycles. The van der Waals surface area contributed by atoms with Gasteiger partial charge in [0.05, 0.1) is 11.1 Å².